The molecule has 146 valence electrons. The summed E-state index contributed by atoms with van der Waals surface area (Å²) in [4.78, 5) is 37.7. The van der Waals surface area contributed by atoms with E-state index < -0.39 is 35.1 Å². The molecule has 1 amide bonds. The van der Waals surface area contributed by atoms with E-state index in [0.717, 1.165) is 4.90 Å². The first-order chi connectivity index (χ1) is 12.4. The number of rotatable bonds is 3. The zero-order valence-electron chi connectivity index (χ0n) is 17.0. The minimum absolute atomic E-state index is 0.106. The monoisotopic (exact) mass is 368 g/mol. The van der Waals surface area contributed by atoms with Gasteiger partial charge in [0.2, 0.25) is 0 Å². The second kappa shape index (κ2) is 6.13. The van der Waals surface area contributed by atoms with Crippen LogP contribution in [0.15, 0.2) is 0 Å². The standard InChI is InChI=1S/C19H29NO6/c1-17(2,3)14-20(16(23)24)12(13(21)26-14)11-18-5-8-19(9-6-18,10-7-18)15(22)25-4/h12,14H,5-11H2,1-4H3,(H,23,24)/t12-,14+,18?,19?/m0/s1/i12D. The number of ether oxygens (including phenoxy) is 2. The molecule has 0 aromatic carbocycles. The molecule has 4 fully saturated rings. The predicted octanol–water partition coefficient (Wildman–Crippen LogP) is 3.17. The quantitative estimate of drug-likeness (QED) is 0.769. The lowest BCUT2D eigenvalue weighted by Crippen LogP contribution is -2.52. The van der Waals surface area contributed by atoms with E-state index in [-0.39, 0.29) is 17.8 Å². The predicted molar refractivity (Wildman–Crippen MR) is 92.2 cm³/mol. The van der Waals surface area contributed by atoms with Gasteiger partial charge in [0.15, 0.2) is 6.23 Å². The van der Waals surface area contributed by atoms with Crippen LogP contribution in [0, 0.1) is 16.2 Å². The normalized spacial score (nSPS) is 40.2. The molecule has 1 saturated heterocycles. The van der Waals surface area contributed by atoms with Gasteiger partial charge in [-0.3, -0.25) is 9.69 Å². The number of carbonyl (C=O) groups is 3. The topological polar surface area (TPSA) is 93.1 Å². The lowest BCUT2D eigenvalue weighted by Gasteiger charge is -2.52. The third kappa shape index (κ3) is 2.95. The van der Waals surface area contributed by atoms with Crippen LogP contribution in [-0.4, -0.2) is 47.4 Å². The molecule has 3 saturated carbocycles. The van der Waals surface area contributed by atoms with Crippen LogP contribution in [0.3, 0.4) is 0 Å². The van der Waals surface area contributed by atoms with Crippen LogP contribution in [0.1, 0.15) is 67.1 Å². The van der Waals surface area contributed by atoms with Gasteiger partial charge in [-0.2, -0.15) is 0 Å². The molecular weight excluding hydrogens is 338 g/mol. The van der Waals surface area contributed by atoms with Gasteiger partial charge in [0.1, 0.15) is 6.02 Å². The molecule has 0 aromatic rings. The number of amides is 1. The molecule has 4 rings (SSSR count). The van der Waals surface area contributed by atoms with Crippen molar-refractivity contribution in [3.8, 4) is 0 Å². The Kier molecular flexibility index (Phi) is 4.15. The first kappa shape index (κ1) is 17.6. The van der Waals surface area contributed by atoms with E-state index in [9.17, 15) is 19.5 Å². The number of hydrogen-bond donors (Lipinski definition) is 1. The van der Waals surface area contributed by atoms with Crippen LogP contribution in [0.5, 0.6) is 0 Å². The van der Waals surface area contributed by atoms with Crippen molar-refractivity contribution in [3.05, 3.63) is 0 Å². The summed E-state index contributed by atoms with van der Waals surface area (Å²) in [7, 11) is 1.40. The SMILES string of the molecule is [2H][C@]1(CC23CCC(C(=O)OC)(CC2)CC3)C(=O)O[C@H](C(C)(C)C)N1C(=O)O. The average molecular weight is 368 g/mol. The van der Waals surface area contributed by atoms with E-state index in [0.29, 0.717) is 38.5 Å². The summed E-state index contributed by atoms with van der Waals surface area (Å²) < 4.78 is 19.2. The largest absolute Gasteiger partial charge is 0.469 e. The van der Waals surface area contributed by atoms with E-state index in [1.807, 2.05) is 0 Å². The highest BCUT2D eigenvalue weighted by Crippen LogP contribution is 2.59. The number of methoxy groups -OCH3 is 1. The molecule has 0 unspecified atom stereocenters. The summed E-state index contributed by atoms with van der Waals surface area (Å²) in [5.74, 6) is -0.980. The van der Waals surface area contributed by atoms with Gasteiger partial charge < -0.3 is 14.6 Å². The Morgan fingerprint density at radius 2 is 1.81 bits per heavy atom. The van der Waals surface area contributed by atoms with Crippen LogP contribution in [-0.2, 0) is 19.1 Å². The minimum Gasteiger partial charge on any atom is -0.469 e. The molecule has 1 aliphatic heterocycles. The van der Waals surface area contributed by atoms with Crippen molar-refractivity contribution >= 4 is 18.0 Å². The lowest BCUT2D eigenvalue weighted by atomic mass is 9.52. The maximum Gasteiger partial charge on any atom is 0.410 e. The van der Waals surface area contributed by atoms with Crippen LogP contribution < -0.4 is 0 Å². The molecule has 1 N–H and O–H groups in total. The van der Waals surface area contributed by atoms with Crippen LogP contribution in [0.4, 0.5) is 4.79 Å². The fourth-order valence-corrected chi connectivity index (χ4v) is 4.81. The van der Waals surface area contributed by atoms with Crippen molar-refractivity contribution in [2.24, 2.45) is 16.2 Å². The Labute approximate surface area is 155 Å². The third-order valence-corrected chi connectivity index (χ3v) is 6.49. The lowest BCUT2D eigenvalue weighted by molar-refractivity contribution is -0.164. The Balaban J connectivity index is 1.85. The van der Waals surface area contributed by atoms with Crippen molar-refractivity contribution < 1.29 is 30.3 Å². The zero-order chi connectivity index (χ0) is 20.3. The van der Waals surface area contributed by atoms with Crippen molar-refractivity contribution in [2.45, 2.75) is 78.0 Å². The van der Waals surface area contributed by atoms with Crippen LogP contribution >= 0.6 is 0 Å². The summed E-state index contributed by atoms with van der Waals surface area (Å²) in [6.45, 7) is 5.37. The molecule has 0 aromatic heterocycles. The Morgan fingerprint density at radius 1 is 1.27 bits per heavy atom. The molecule has 7 nitrogen and oxygen atoms in total. The molecule has 2 atom stereocenters. The molecule has 7 heteroatoms. The molecular formula is C19H29NO6. The fraction of sp³-hybridized carbons (Fsp3) is 0.842. The number of cyclic esters (lactones) is 1. The molecule has 0 spiro atoms. The maximum atomic E-state index is 12.6. The summed E-state index contributed by atoms with van der Waals surface area (Å²) in [6, 6.07) is -1.95. The molecule has 0 radical (unpaired) electrons. The van der Waals surface area contributed by atoms with E-state index >= 15 is 0 Å². The Hall–Kier alpha value is -1.79. The van der Waals surface area contributed by atoms with Crippen molar-refractivity contribution in [3.63, 3.8) is 0 Å². The van der Waals surface area contributed by atoms with E-state index in [1.165, 1.54) is 7.11 Å². The van der Waals surface area contributed by atoms with Crippen molar-refractivity contribution in [1.82, 2.24) is 4.90 Å². The highest BCUT2D eigenvalue weighted by atomic mass is 16.6. The zero-order valence-corrected chi connectivity index (χ0v) is 16.0. The third-order valence-electron chi connectivity index (χ3n) is 6.49. The van der Waals surface area contributed by atoms with Gasteiger partial charge in [-0.1, -0.05) is 20.8 Å². The number of nitrogens with zero attached hydrogens (tertiary/aromatic N) is 1. The number of esters is 2. The van der Waals surface area contributed by atoms with Crippen molar-refractivity contribution in [1.29, 1.82) is 0 Å². The van der Waals surface area contributed by atoms with Crippen LogP contribution in [0.25, 0.3) is 0 Å². The van der Waals surface area contributed by atoms with Gasteiger partial charge in [0.05, 0.1) is 13.9 Å². The molecule has 2 bridgehead atoms. The molecule has 26 heavy (non-hydrogen) atoms. The van der Waals surface area contributed by atoms with Gasteiger partial charge in [-0.25, -0.2) is 9.59 Å². The fourth-order valence-electron chi connectivity index (χ4n) is 4.81. The Morgan fingerprint density at radius 3 is 2.23 bits per heavy atom. The van der Waals surface area contributed by atoms with Gasteiger partial charge in [-0.05, 0) is 50.4 Å². The number of hydrogen-bond acceptors (Lipinski definition) is 5. The second-order valence-electron chi connectivity index (χ2n) is 9.17. The minimum atomic E-state index is -1.95. The van der Waals surface area contributed by atoms with Crippen LogP contribution in [0.2, 0.25) is 0 Å². The summed E-state index contributed by atoms with van der Waals surface area (Å²) in [6.07, 6.45) is 1.81. The average Bonchev–Trinajstić information content (AvgIpc) is 2.86. The maximum absolute atomic E-state index is 12.6. The van der Waals surface area contributed by atoms with E-state index in [2.05, 4.69) is 0 Å². The second-order valence-corrected chi connectivity index (χ2v) is 9.17. The highest BCUT2D eigenvalue weighted by Gasteiger charge is 2.57. The molecule has 3 aliphatic carbocycles. The summed E-state index contributed by atoms with van der Waals surface area (Å²) >= 11 is 0. The van der Waals surface area contributed by atoms with Gasteiger partial charge in [0.25, 0.3) is 0 Å². The summed E-state index contributed by atoms with van der Waals surface area (Å²) in [5.41, 5.74) is -1.41. The summed E-state index contributed by atoms with van der Waals surface area (Å²) in [5, 5.41) is 9.75. The number of carboxylic acid groups (broad SMARTS) is 1. The van der Waals surface area contributed by atoms with Gasteiger partial charge >= 0.3 is 18.0 Å². The van der Waals surface area contributed by atoms with E-state index in [4.69, 9.17) is 10.8 Å². The van der Waals surface area contributed by atoms with Gasteiger partial charge in [-0.15, -0.1) is 0 Å². The first-order valence-corrected chi connectivity index (χ1v) is 9.21. The first-order valence-electron chi connectivity index (χ1n) is 9.71. The Bertz CT molecular complexity index is 647. The number of fused-ring (bicyclic) bond motifs is 3. The van der Waals surface area contributed by atoms with Gasteiger partial charge in [0, 0.05) is 5.41 Å². The highest BCUT2D eigenvalue weighted by molar-refractivity contribution is 5.84. The smallest absolute Gasteiger partial charge is 0.410 e. The van der Waals surface area contributed by atoms with Crippen molar-refractivity contribution in [2.75, 3.05) is 7.11 Å². The van der Waals surface area contributed by atoms with E-state index in [1.54, 1.807) is 20.8 Å². The molecule has 4 aliphatic rings. The molecule has 1 heterocycles. The number of carbonyl (C=O) groups excluding carboxylic acids is 2.